The first-order valence-corrected chi connectivity index (χ1v) is 10.6. The Bertz CT molecular complexity index is 1030. The van der Waals surface area contributed by atoms with Crippen LogP contribution in [0.25, 0.3) is 0 Å². The smallest absolute Gasteiger partial charge is 0.276 e. The van der Waals surface area contributed by atoms with E-state index in [1.807, 2.05) is 49.4 Å². The van der Waals surface area contributed by atoms with Crippen LogP contribution >= 0.6 is 0 Å². The summed E-state index contributed by atoms with van der Waals surface area (Å²) in [5, 5.41) is 3.84. The van der Waals surface area contributed by atoms with Gasteiger partial charge in [-0.05, 0) is 66.6 Å². The molecule has 0 bridgehead atoms. The first-order chi connectivity index (χ1) is 14.1. The number of sulfonamides is 1. The van der Waals surface area contributed by atoms with E-state index in [1.54, 1.807) is 24.3 Å². The Morgan fingerprint density at radius 3 is 2.14 bits per heavy atom. The van der Waals surface area contributed by atoms with Crippen LogP contribution in [0.4, 0.5) is 0 Å². The number of hydrazone groups is 1. The summed E-state index contributed by atoms with van der Waals surface area (Å²) in [6, 6.07) is 23.3. The lowest BCUT2D eigenvalue weighted by Crippen LogP contribution is -2.18. The van der Waals surface area contributed by atoms with E-state index in [0.29, 0.717) is 19.0 Å². The molecule has 0 atom stereocenters. The van der Waals surface area contributed by atoms with Crippen molar-refractivity contribution >= 4 is 16.2 Å². The predicted molar refractivity (Wildman–Crippen MR) is 113 cm³/mol. The lowest BCUT2D eigenvalue weighted by Gasteiger charge is -2.07. The van der Waals surface area contributed by atoms with Crippen molar-refractivity contribution in [2.45, 2.75) is 18.4 Å². The van der Waals surface area contributed by atoms with Crippen molar-refractivity contribution in [2.75, 3.05) is 6.61 Å². The fraction of sp³-hybridized carbons (Fsp3) is 0.136. The van der Waals surface area contributed by atoms with Crippen molar-refractivity contribution < 1.29 is 17.9 Å². The van der Waals surface area contributed by atoms with E-state index >= 15 is 0 Å². The fourth-order valence-corrected chi connectivity index (χ4v) is 3.29. The summed E-state index contributed by atoms with van der Waals surface area (Å²) in [6.45, 7) is 2.86. The van der Waals surface area contributed by atoms with Gasteiger partial charge in [0.15, 0.2) is 0 Å². The van der Waals surface area contributed by atoms with Gasteiger partial charge in [0.2, 0.25) is 0 Å². The van der Waals surface area contributed by atoms with Crippen molar-refractivity contribution in [1.29, 1.82) is 0 Å². The van der Waals surface area contributed by atoms with E-state index in [2.05, 4.69) is 9.93 Å². The summed E-state index contributed by atoms with van der Waals surface area (Å²) >= 11 is 0. The number of hydrogen-bond donors (Lipinski definition) is 1. The van der Waals surface area contributed by atoms with Gasteiger partial charge in [0, 0.05) is 0 Å². The Kier molecular flexibility index (Phi) is 6.86. The van der Waals surface area contributed by atoms with Crippen LogP contribution in [0.1, 0.15) is 18.1 Å². The van der Waals surface area contributed by atoms with E-state index in [0.717, 1.165) is 16.9 Å². The largest absolute Gasteiger partial charge is 0.494 e. The molecule has 0 aromatic heterocycles. The first-order valence-electron chi connectivity index (χ1n) is 9.11. The Labute approximate surface area is 170 Å². The molecule has 29 heavy (non-hydrogen) atoms. The monoisotopic (exact) mass is 410 g/mol. The van der Waals surface area contributed by atoms with Gasteiger partial charge in [-0.2, -0.15) is 13.5 Å². The average Bonchev–Trinajstić information content (AvgIpc) is 2.74. The van der Waals surface area contributed by atoms with Crippen LogP contribution in [0.3, 0.4) is 0 Å². The number of benzene rings is 3. The molecule has 1 N–H and O–H groups in total. The van der Waals surface area contributed by atoms with Crippen LogP contribution in [0.2, 0.25) is 0 Å². The Morgan fingerprint density at radius 2 is 1.48 bits per heavy atom. The second-order valence-electron chi connectivity index (χ2n) is 6.10. The predicted octanol–water partition coefficient (Wildman–Crippen LogP) is 3.98. The number of hydrogen-bond acceptors (Lipinski definition) is 5. The van der Waals surface area contributed by atoms with Crippen LogP contribution in [0.15, 0.2) is 88.9 Å². The zero-order valence-corrected chi connectivity index (χ0v) is 16.8. The molecule has 0 saturated heterocycles. The minimum Gasteiger partial charge on any atom is -0.494 e. The third-order valence-corrected chi connectivity index (χ3v) is 5.20. The minimum atomic E-state index is -3.74. The molecule has 0 amide bonds. The van der Waals surface area contributed by atoms with Gasteiger partial charge in [0.05, 0.1) is 17.7 Å². The summed E-state index contributed by atoms with van der Waals surface area (Å²) in [5.41, 5.74) is 1.83. The van der Waals surface area contributed by atoms with Gasteiger partial charge in [-0.15, -0.1) is 0 Å². The highest BCUT2D eigenvalue weighted by molar-refractivity contribution is 7.89. The molecule has 3 aromatic carbocycles. The number of nitrogens with one attached hydrogen (secondary N) is 1. The lowest BCUT2D eigenvalue weighted by atomic mass is 10.2. The third-order valence-electron chi connectivity index (χ3n) is 3.96. The van der Waals surface area contributed by atoms with Crippen LogP contribution in [0.5, 0.6) is 11.5 Å². The maximum Gasteiger partial charge on any atom is 0.276 e. The van der Waals surface area contributed by atoms with Gasteiger partial charge in [-0.1, -0.05) is 30.3 Å². The Morgan fingerprint density at radius 1 is 0.862 bits per heavy atom. The summed E-state index contributed by atoms with van der Waals surface area (Å²) < 4.78 is 35.6. The summed E-state index contributed by atoms with van der Waals surface area (Å²) in [6.07, 6.45) is 1.44. The average molecular weight is 410 g/mol. The first kappa shape index (κ1) is 20.4. The molecule has 0 saturated carbocycles. The zero-order valence-electron chi connectivity index (χ0n) is 16.0. The molecule has 3 aromatic rings. The second kappa shape index (κ2) is 9.75. The molecule has 0 aliphatic heterocycles. The SMILES string of the molecule is CCOc1ccc(S(=O)(=O)N/N=C/c2ccc(OCc3ccccc3)cc2)cc1. The highest BCUT2D eigenvalue weighted by Gasteiger charge is 2.12. The van der Waals surface area contributed by atoms with E-state index in [4.69, 9.17) is 9.47 Å². The molecule has 0 radical (unpaired) electrons. The maximum absolute atomic E-state index is 12.3. The highest BCUT2D eigenvalue weighted by atomic mass is 32.2. The standard InChI is InChI=1S/C22H22N2O4S/c1-2-27-20-12-14-22(15-13-20)29(25,26)24-23-16-18-8-10-21(11-9-18)28-17-19-6-4-3-5-7-19/h3-16,24H,2,17H2,1H3/b23-16+. The van der Waals surface area contributed by atoms with Crippen LogP contribution in [0, 0.1) is 0 Å². The molecule has 0 fully saturated rings. The number of ether oxygens (including phenoxy) is 2. The normalized spacial score (nSPS) is 11.3. The van der Waals surface area contributed by atoms with E-state index in [-0.39, 0.29) is 4.90 Å². The molecule has 0 unspecified atom stereocenters. The third kappa shape index (κ3) is 6.08. The van der Waals surface area contributed by atoms with Crippen molar-refractivity contribution in [3.05, 3.63) is 90.0 Å². The Hall–Kier alpha value is -3.32. The molecule has 0 aliphatic rings. The van der Waals surface area contributed by atoms with Crippen molar-refractivity contribution in [2.24, 2.45) is 5.10 Å². The summed E-state index contributed by atoms with van der Waals surface area (Å²) in [7, 11) is -3.74. The van der Waals surface area contributed by atoms with Crippen molar-refractivity contribution in [1.82, 2.24) is 4.83 Å². The van der Waals surface area contributed by atoms with Gasteiger partial charge in [-0.25, -0.2) is 4.83 Å². The van der Waals surface area contributed by atoms with Crippen molar-refractivity contribution in [3.8, 4) is 11.5 Å². The molecule has 150 valence electrons. The lowest BCUT2D eigenvalue weighted by molar-refractivity contribution is 0.306. The molecule has 0 heterocycles. The number of nitrogens with zero attached hydrogens (tertiary/aromatic N) is 1. The highest BCUT2D eigenvalue weighted by Crippen LogP contribution is 2.16. The quantitative estimate of drug-likeness (QED) is 0.428. The van der Waals surface area contributed by atoms with E-state index in [9.17, 15) is 8.42 Å². The van der Waals surface area contributed by atoms with Gasteiger partial charge in [-0.3, -0.25) is 0 Å². The molecule has 0 aliphatic carbocycles. The van der Waals surface area contributed by atoms with Gasteiger partial charge in [0.1, 0.15) is 18.1 Å². The minimum absolute atomic E-state index is 0.114. The molecule has 3 rings (SSSR count). The Balaban J connectivity index is 1.55. The van der Waals surface area contributed by atoms with Crippen molar-refractivity contribution in [3.63, 3.8) is 0 Å². The topological polar surface area (TPSA) is 77.0 Å². The molecule has 7 heteroatoms. The maximum atomic E-state index is 12.3. The zero-order chi connectivity index (χ0) is 20.5. The number of rotatable bonds is 9. The van der Waals surface area contributed by atoms with E-state index in [1.165, 1.54) is 18.3 Å². The van der Waals surface area contributed by atoms with Crippen LogP contribution in [-0.2, 0) is 16.6 Å². The fourth-order valence-electron chi connectivity index (χ4n) is 2.50. The molecule has 6 nitrogen and oxygen atoms in total. The summed E-state index contributed by atoms with van der Waals surface area (Å²) in [4.78, 5) is 2.32. The van der Waals surface area contributed by atoms with Crippen LogP contribution < -0.4 is 14.3 Å². The van der Waals surface area contributed by atoms with Crippen LogP contribution in [-0.4, -0.2) is 21.2 Å². The second-order valence-corrected chi connectivity index (χ2v) is 7.76. The van der Waals surface area contributed by atoms with Gasteiger partial charge >= 0.3 is 0 Å². The summed E-state index contributed by atoms with van der Waals surface area (Å²) in [5.74, 6) is 1.34. The molecular formula is C22H22N2O4S. The van der Waals surface area contributed by atoms with Gasteiger partial charge < -0.3 is 9.47 Å². The molecular weight excluding hydrogens is 388 g/mol. The molecule has 0 spiro atoms. The van der Waals surface area contributed by atoms with Gasteiger partial charge in [0.25, 0.3) is 10.0 Å². The van der Waals surface area contributed by atoms with E-state index < -0.39 is 10.0 Å².